The Balaban J connectivity index is 3.23. The van der Waals surface area contributed by atoms with E-state index in [1.807, 2.05) is 45.7 Å². The largest absolute Gasteiger partial charge is 0.506 e. The van der Waals surface area contributed by atoms with Gasteiger partial charge in [0.1, 0.15) is 11.6 Å². The summed E-state index contributed by atoms with van der Waals surface area (Å²) < 4.78 is 14.8. The highest BCUT2D eigenvalue weighted by Crippen LogP contribution is 2.36. The van der Waals surface area contributed by atoms with Crippen LogP contribution in [0.2, 0.25) is 0 Å². The van der Waals surface area contributed by atoms with Gasteiger partial charge in [-0.1, -0.05) is 0 Å². The number of hydrogen-bond acceptors (Lipinski definition) is 2. The van der Waals surface area contributed by atoms with Crippen LogP contribution in [-0.4, -0.2) is 5.11 Å². The van der Waals surface area contributed by atoms with Crippen molar-refractivity contribution >= 4 is 67.3 Å². The minimum Gasteiger partial charge on any atom is -0.506 e. The molecule has 1 aromatic rings. The van der Waals surface area contributed by atoms with Gasteiger partial charge >= 0.3 is 0 Å². The van der Waals surface area contributed by atoms with Crippen molar-refractivity contribution in [3.8, 4) is 5.75 Å². The Kier molecular flexibility index (Phi) is 3.83. The summed E-state index contributed by atoms with van der Waals surface area (Å²) in [5, 5.41) is 9.27. The molecule has 1 N–H and O–H groups in total. The minimum absolute atomic E-state index is 0.0699. The predicted molar refractivity (Wildman–Crippen MR) is 66.3 cm³/mol. The van der Waals surface area contributed by atoms with Crippen LogP contribution in [0.3, 0.4) is 0 Å². The quantitative estimate of drug-likeness (QED) is 0.512. The van der Waals surface area contributed by atoms with Crippen LogP contribution < -0.4 is 1.33 Å². The summed E-state index contributed by atoms with van der Waals surface area (Å²) in [7, 11) is 0. The van der Waals surface area contributed by atoms with Gasteiger partial charge in [0.2, 0.25) is 0 Å². The smallest absolute Gasteiger partial charge is 0.143 e. The molecule has 0 aromatic heterocycles. The highest BCUT2D eigenvalue weighted by Gasteiger charge is 2.09. The zero-order valence-electron chi connectivity index (χ0n) is 5.56. The third kappa shape index (κ3) is 2.34. The van der Waals surface area contributed by atoms with Crippen LogP contribution in [0.1, 0.15) is 0 Å². The third-order valence-electron chi connectivity index (χ3n) is 1.20. The zero-order valence-corrected chi connectivity index (χ0v) is 11.5. The van der Waals surface area contributed by atoms with Crippen LogP contribution in [-0.2, 0) is 0 Å². The van der Waals surface area contributed by atoms with E-state index in [-0.39, 0.29) is 5.75 Å². The van der Waals surface area contributed by atoms with Gasteiger partial charge in [-0.3, -0.25) is 1.33 Å². The molecule has 2 nitrogen and oxygen atoms in total. The molecule has 66 valence electrons. The molecule has 0 aliphatic carbocycles. The predicted octanol–water partition coefficient (Wildman–Crippen LogP) is 3.80. The van der Waals surface area contributed by atoms with Gasteiger partial charge in [-0.2, -0.15) is 0 Å². The number of aromatic hydroxyl groups is 1. The number of halogens is 4. The fraction of sp³-hybridized carbons (Fsp3) is 0. The van der Waals surface area contributed by atoms with E-state index in [0.29, 0.717) is 10.2 Å². The molecule has 0 atom stereocenters. The molecule has 0 aliphatic rings. The molecule has 1 rings (SSSR count). The molecule has 6 heteroatoms. The van der Waals surface area contributed by atoms with E-state index in [0.717, 1.165) is 6.07 Å². The fourth-order valence-corrected chi connectivity index (χ4v) is 1.77. The average Bonchev–Trinajstić information content (AvgIpc) is 1.96. The zero-order chi connectivity index (χ0) is 9.30. The van der Waals surface area contributed by atoms with Gasteiger partial charge in [-0.05, 0) is 22.0 Å². The van der Waals surface area contributed by atoms with E-state index < -0.39 is 5.82 Å². The van der Waals surface area contributed by atoms with Gasteiger partial charge in [0.25, 0.3) is 0 Å². The molecule has 0 aliphatic heterocycles. The molecule has 0 saturated carbocycles. The van der Waals surface area contributed by atoms with Gasteiger partial charge in [0.05, 0.1) is 55.9 Å². The Hall–Kier alpha value is 0.690. The van der Waals surface area contributed by atoms with Crippen LogP contribution in [0.15, 0.2) is 16.6 Å². The van der Waals surface area contributed by atoms with E-state index in [4.69, 9.17) is 0 Å². The van der Waals surface area contributed by atoms with Crippen molar-refractivity contribution in [1.82, 2.24) is 0 Å². The topological polar surface area (TPSA) is 23.5 Å². The number of phenols is 1. The summed E-state index contributed by atoms with van der Waals surface area (Å²) in [5.74, 6) is -0.537. The van der Waals surface area contributed by atoms with Gasteiger partial charge in [-0.25, -0.2) is 4.39 Å². The molecule has 0 fully saturated rings. The molecule has 0 amide bonds. The number of anilines is 1. The van der Waals surface area contributed by atoms with Gasteiger partial charge in [0, 0.05) is 6.07 Å². The first-order chi connectivity index (χ1) is 5.52. The molecule has 0 heterocycles. The minimum atomic E-state index is -0.467. The summed E-state index contributed by atoms with van der Waals surface area (Å²) in [5.41, 5.74) is 0.560. The molecule has 0 radical (unpaired) electrons. The number of nitrogens with zero attached hydrogens (tertiary/aromatic N) is 1. The van der Waals surface area contributed by atoms with Crippen LogP contribution in [0.5, 0.6) is 5.75 Å². The van der Waals surface area contributed by atoms with Crippen molar-refractivity contribution in [2.75, 3.05) is 1.33 Å². The summed E-state index contributed by atoms with van der Waals surface area (Å²) in [6.45, 7) is 0. The molecule has 0 unspecified atom stereocenters. The summed E-state index contributed by atoms with van der Waals surface area (Å²) in [6, 6.07) is 2.59. The maximum atomic E-state index is 12.8. The molecular formula is C6H3BrFI2NO. The normalized spacial score (nSPS) is 10.0. The maximum absolute atomic E-state index is 12.8. The molecule has 1 aromatic carbocycles. The van der Waals surface area contributed by atoms with E-state index in [1.54, 1.807) is 1.33 Å². The lowest BCUT2D eigenvalue weighted by atomic mass is 10.3. The van der Waals surface area contributed by atoms with Gasteiger partial charge in [0.15, 0.2) is 0 Å². The highest BCUT2D eigenvalue weighted by molar-refractivity contribution is 14.2. The molecule has 12 heavy (non-hydrogen) atoms. The Morgan fingerprint density at radius 3 is 2.50 bits per heavy atom. The molecular weight excluding hydrogens is 455 g/mol. The van der Waals surface area contributed by atoms with E-state index in [2.05, 4.69) is 15.9 Å². The van der Waals surface area contributed by atoms with Crippen molar-refractivity contribution in [2.24, 2.45) is 0 Å². The SMILES string of the molecule is Oc1cc(F)c(Br)cc1N(I)I. The molecule has 0 spiro atoms. The van der Waals surface area contributed by atoms with Gasteiger partial charge < -0.3 is 5.11 Å². The standard InChI is InChI=1S/C6H3BrFI2NO/c7-3-1-5(11(9)10)6(12)2-4(3)8/h1-2,12H. The van der Waals surface area contributed by atoms with E-state index in [9.17, 15) is 9.50 Å². The Morgan fingerprint density at radius 1 is 1.42 bits per heavy atom. The lowest BCUT2D eigenvalue weighted by Crippen LogP contribution is -1.91. The summed E-state index contributed by atoms with van der Waals surface area (Å²) in [6.07, 6.45) is 0. The van der Waals surface area contributed by atoms with E-state index >= 15 is 0 Å². The monoisotopic (exact) mass is 457 g/mol. The fourth-order valence-electron chi connectivity index (χ4n) is 0.661. The van der Waals surface area contributed by atoms with E-state index in [1.165, 1.54) is 6.07 Å². The highest BCUT2D eigenvalue weighted by atomic mass is 127. The molecule has 0 bridgehead atoms. The second-order valence-electron chi connectivity index (χ2n) is 1.99. The van der Waals surface area contributed by atoms with Crippen molar-refractivity contribution in [1.29, 1.82) is 0 Å². The first kappa shape index (κ1) is 10.8. The van der Waals surface area contributed by atoms with Crippen LogP contribution in [0.4, 0.5) is 10.1 Å². The number of hydrogen-bond donors (Lipinski definition) is 1. The number of benzene rings is 1. The Bertz CT molecular complexity index is 308. The van der Waals surface area contributed by atoms with Crippen molar-refractivity contribution in [3.63, 3.8) is 0 Å². The second kappa shape index (κ2) is 4.27. The Labute approximate surface area is 105 Å². The van der Waals surface area contributed by atoms with Gasteiger partial charge in [-0.15, -0.1) is 0 Å². The van der Waals surface area contributed by atoms with Crippen molar-refractivity contribution in [2.45, 2.75) is 0 Å². The van der Waals surface area contributed by atoms with Crippen LogP contribution >= 0.6 is 61.7 Å². The van der Waals surface area contributed by atoms with Crippen molar-refractivity contribution in [3.05, 3.63) is 22.4 Å². The average molecular weight is 458 g/mol. The third-order valence-corrected chi connectivity index (χ3v) is 2.85. The summed E-state index contributed by atoms with van der Waals surface area (Å²) in [4.78, 5) is 0. The van der Waals surface area contributed by atoms with Crippen LogP contribution in [0, 0.1) is 5.82 Å². The number of rotatable bonds is 1. The first-order valence-electron chi connectivity index (χ1n) is 2.82. The molecule has 0 saturated heterocycles. The first-order valence-corrected chi connectivity index (χ1v) is 5.54. The lowest BCUT2D eigenvalue weighted by Gasteiger charge is -2.09. The Morgan fingerprint density at radius 2 is 2.00 bits per heavy atom. The lowest BCUT2D eigenvalue weighted by molar-refractivity contribution is 0.471. The number of phenolic OH excluding ortho intramolecular Hbond substituents is 1. The van der Waals surface area contributed by atoms with Crippen LogP contribution in [0.25, 0.3) is 0 Å². The summed E-state index contributed by atoms with van der Waals surface area (Å²) >= 11 is 6.99. The maximum Gasteiger partial charge on any atom is 0.143 e. The van der Waals surface area contributed by atoms with Crippen molar-refractivity contribution < 1.29 is 9.50 Å². The second-order valence-corrected chi connectivity index (χ2v) is 6.62.